The van der Waals surface area contributed by atoms with Crippen molar-refractivity contribution < 1.29 is 18.7 Å². The highest BCUT2D eigenvalue weighted by atomic mass is 19.1. The minimum atomic E-state index is -0.515. The van der Waals surface area contributed by atoms with Gasteiger partial charge in [-0.2, -0.15) is 0 Å². The van der Waals surface area contributed by atoms with E-state index in [1.165, 1.54) is 12.1 Å². The molecule has 0 saturated heterocycles. The van der Waals surface area contributed by atoms with Gasteiger partial charge in [0.15, 0.2) is 5.70 Å². The Kier molecular flexibility index (Phi) is 4.97. The van der Waals surface area contributed by atoms with Crippen LogP contribution in [-0.4, -0.2) is 11.9 Å². The summed E-state index contributed by atoms with van der Waals surface area (Å²) in [6.45, 7) is 0.209. The van der Waals surface area contributed by atoms with Gasteiger partial charge in [-0.25, -0.2) is 14.2 Å². The number of esters is 1. The fourth-order valence-electron chi connectivity index (χ4n) is 2.78. The van der Waals surface area contributed by atoms with Gasteiger partial charge in [0.05, 0.1) is 0 Å². The maximum atomic E-state index is 13.3. The Morgan fingerprint density at radius 1 is 0.964 bits per heavy atom. The number of ether oxygens (including phenoxy) is 2. The number of hydrogen-bond acceptors (Lipinski definition) is 4. The first kappa shape index (κ1) is 17.7. The summed E-state index contributed by atoms with van der Waals surface area (Å²) in [7, 11) is 0. The van der Waals surface area contributed by atoms with Gasteiger partial charge in [0.1, 0.15) is 18.2 Å². The second kappa shape index (κ2) is 7.88. The van der Waals surface area contributed by atoms with Crippen LogP contribution >= 0.6 is 0 Å². The molecule has 4 rings (SSSR count). The molecule has 0 radical (unpaired) electrons. The molecule has 3 aromatic rings. The van der Waals surface area contributed by atoms with Crippen LogP contribution in [0.15, 0.2) is 89.6 Å². The van der Waals surface area contributed by atoms with Crippen LogP contribution in [0.5, 0.6) is 5.75 Å². The van der Waals surface area contributed by atoms with Crippen molar-refractivity contribution in [2.24, 2.45) is 4.99 Å². The van der Waals surface area contributed by atoms with Gasteiger partial charge in [-0.15, -0.1) is 0 Å². The number of rotatable bonds is 5. The van der Waals surface area contributed by atoms with Crippen molar-refractivity contribution in [3.63, 3.8) is 0 Å². The van der Waals surface area contributed by atoms with Gasteiger partial charge in [-0.1, -0.05) is 48.5 Å². The highest BCUT2D eigenvalue weighted by molar-refractivity contribution is 6.12. The molecular formula is C23H16FNO3. The average Bonchev–Trinajstić information content (AvgIpc) is 3.08. The number of hydrogen-bond donors (Lipinski definition) is 0. The molecule has 28 heavy (non-hydrogen) atoms. The topological polar surface area (TPSA) is 47.9 Å². The van der Waals surface area contributed by atoms with Gasteiger partial charge in [0.2, 0.25) is 5.90 Å². The number of aliphatic imine (C=N–C) groups is 1. The van der Waals surface area contributed by atoms with E-state index in [1.54, 1.807) is 24.3 Å². The zero-order valence-corrected chi connectivity index (χ0v) is 14.8. The molecular weight excluding hydrogens is 357 g/mol. The maximum Gasteiger partial charge on any atom is 0.363 e. The molecule has 1 aliphatic heterocycles. The molecule has 0 N–H and O–H groups in total. The lowest BCUT2D eigenvalue weighted by atomic mass is 10.1. The number of carbonyl (C=O) groups is 1. The molecule has 0 unspecified atom stereocenters. The summed E-state index contributed by atoms with van der Waals surface area (Å²) < 4.78 is 24.4. The summed E-state index contributed by atoms with van der Waals surface area (Å²) in [5.41, 5.74) is 2.33. The number of nitrogens with zero attached hydrogens (tertiary/aromatic N) is 1. The third kappa shape index (κ3) is 3.99. The van der Waals surface area contributed by atoms with Gasteiger partial charge in [0, 0.05) is 11.1 Å². The lowest BCUT2D eigenvalue weighted by Gasteiger charge is -2.09. The first-order valence-electron chi connectivity index (χ1n) is 8.73. The molecule has 0 aromatic heterocycles. The molecule has 0 bridgehead atoms. The molecule has 0 atom stereocenters. The van der Waals surface area contributed by atoms with E-state index in [2.05, 4.69) is 4.99 Å². The predicted octanol–water partition coefficient (Wildman–Crippen LogP) is 4.75. The zero-order valence-electron chi connectivity index (χ0n) is 14.8. The van der Waals surface area contributed by atoms with Crippen molar-refractivity contribution in [3.05, 3.63) is 107 Å². The average molecular weight is 373 g/mol. The molecule has 1 heterocycles. The highest BCUT2D eigenvalue weighted by Gasteiger charge is 2.24. The monoisotopic (exact) mass is 373 g/mol. The van der Waals surface area contributed by atoms with Gasteiger partial charge >= 0.3 is 5.97 Å². The van der Waals surface area contributed by atoms with Crippen LogP contribution in [0.25, 0.3) is 6.08 Å². The Bertz CT molecular complexity index is 1070. The predicted molar refractivity (Wildman–Crippen MR) is 104 cm³/mol. The van der Waals surface area contributed by atoms with E-state index in [9.17, 15) is 9.18 Å². The molecule has 138 valence electrons. The minimum Gasteiger partial charge on any atom is -0.488 e. The Morgan fingerprint density at radius 2 is 1.75 bits per heavy atom. The fraction of sp³-hybridized carbons (Fsp3) is 0.0435. The second-order valence-corrected chi connectivity index (χ2v) is 6.16. The largest absolute Gasteiger partial charge is 0.488 e. The van der Waals surface area contributed by atoms with E-state index in [0.717, 1.165) is 5.56 Å². The van der Waals surface area contributed by atoms with Crippen LogP contribution in [0.3, 0.4) is 0 Å². The normalized spacial score (nSPS) is 14.7. The van der Waals surface area contributed by atoms with Crippen molar-refractivity contribution in [2.45, 2.75) is 6.61 Å². The smallest absolute Gasteiger partial charge is 0.363 e. The number of halogens is 1. The molecule has 0 fully saturated rings. The summed E-state index contributed by atoms with van der Waals surface area (Å²) >= 11 is 0. The highest BCUT2D eigenvalue weighted by Crippen LogP contribution is 2.25. The number of benzene rings is 3. The van der Waals surface area contributed by atoms with E-state index >= 15 is 0 Å². The van der Waals surface area contributed by atoms with E-state index in [0.29, 0.717) is 16.9 Å². The molecule has 5 heteroatoms. The third-order valence-electron chi connectivity index (χ3n) is 4.14. The van der Waals surface area contributed by atoms with E-state index in [4.69, 9.17) is 9.47 Å². The Morgan fingerprint density at radius 3 is 2.57 bits per heavy atom. The fourth-order valence-corrected chi connectivity index (χ4v) is 2.78. The van der Waals surface area contributed by atoms with Crippen LogP contribution in [0.2, 0.25) is 0 Å². The van der Waals surface area contributed by atoms with Gasteiger partial charge in [0.25, 0.3) is 0 Å². The number of para-hydroxylation sites is 1. The molecule has 4 nitrogen and oxygen atoms in total. The summed E-state index contributed by atoms with van der Waals surface area (Å²) in [4.78, 5) is 16.5. The lowest BCUT2D eigenvalue weighted by molar-refractivity contribution is -0.129. The lowest BCUT2D eigenvalue weighted by Crippen LogP contribution is -2.05. The van der Waals surface area contributed by atoms with Crippen molar-refractivity contribution in [2.75, 3.05) is 0 Å². The van der Waals surface area contributed by atoms with Gasteiger partial charge in [-0.3, -0.25) is 0 Å². The molecule has 0 amide bonds. The van der Waals surface area contributed by atoms with Crippen molar-refractivity contribution in [3.8, 4) is 5.75 Å². The first-order chi connectivity index (χ1) is 13.7. The van der Waals surface area contributed by atoms with Gasteiger partial charge < -0.3 is 9.47 Å². The molecule has 0 spiro atoms. The van der Waals surface area contributed by atoms with E-state index in [1.807, 2.05) is 48.5 Å². The zero-order chi connectivity index (χ0) is 19.3. The molecule has 1 aliphatic rings. The molecule has 3 aromatic carbocycles. The first-order valence-corrected chi connectivity index (χ1v) is 8.73. The van der Waals surface area contributed by atoms with E-state index < -0.39 is 5.97 Å². The van der Waals surface area contributed by atoms with Crippen molar-refractivity contribution in [1.29, 1.82) is 0 Å². The van der Waals surface area contributed by atoms with Crippen LogP contribution in [0.1, 0.15) is 16.7 Å². The Hall–Kier alpha value is -3.73. The minimum absolute atomic E-state index is 0.195. The third-order valence-corrected chi connectivity index (χ3v) is 4.14. The maximum absolute atomic E-state index is 13.3. The summed E-state index contributed by atoms with van der Waals surface area (Å²) in [5.74, 6) is 0.0113. The second-order valence-electron chi connectivity index (χ2n) is 6.16. The summed E-state index contributed by atoms with van der Waals surface area (Å²) in [6.07, 6.45) is 1.62. The van der Waals surface area contributed by atoms with Crippen LogP contribution < -0.4 is 4.74 Å². The Labute approximate surface area is 161 Å². The van der Waals surface area contributed by atoms with Crippen LogP contribution in [-0.2, 0) is 16.1 Å². The van der Waals surface area contributed by atoms with E-state index in [-0.39, 0.29) is 24.0 Å². The van der Waals surface area contributed by atoms with Gasteiger partial charge in [-0.05, 0) is 42.0 Å². The number of cyclic esters (lactones) is 1. The SMILES string of the molecule is O=C1OC(c2ccccc2)=N/C1=C\c1ccccc1OCc1cccc(F)c1. The Balaban J connectivity index is 1.58. The number of carbonyl (C=O) groups excluding carboxylic acids is 1. The quantitative estimate of drug-likeness (QED) is 0.479. The van der Waals surface area contributed by atoms with Crippen molar-refractivity contribution in [1.82, 2.24) is 0 Å². The van der Waals surface area contributed by atoms with Crippen LogP contribution in [0.4, 0.5) is 4.39 Å². The summed E-state index contributed by atoms with van der Waals surface area (Å²) in [6, 6.07) is 22.7. The van der Waals surface area contributed by atoms with Crippen LogP contribution in [0, 0.1) is 5.82 Å². The molecule has 0 saturated carbocycles. The molecule has 0 aliphatic carbocycles. The summed E-state index contributed by atoms with van der Waals surface area (Å²) in [5, 5.41) is 0. The van der Waals surface area contributed by atoms with Crippen molar-refractivity contribution >= 4 is 17.9 Å². The standard InChI is InChI=1S/C23H16FNO3/c24-19-11-6-7-16(13-19)15-27-21-12-5-4-10-18(21)14-20-23(26)28-22(25-20)17-8-2-1-3-9-17/h1-14H,15H2/b20-14-.